The molecule has 2 aromatic rings. The lowest BCUT2D eigenvalue weighted by Gasteiger charge is -2.08. The third-order valence-corrected chi connectivity index (χ3v) is 3.34. The van der Waals surface area contributed by atoms with Gasteiger partial charge in [0.2, 0.25) is 0 Å². The molecular weight excluding hydrogens is 240 g/mol. The van der Waals surface area contributed by atoms with Crippen molar-refractivity contribution in [2.75, 3.05) is 6.54 Å². The van der Waals surface area contributed by atoms with Gasteiger partial charge in [-0.1, -0.05) is 6.92 Å². The normalized spacial score (nSPS) is 12.8. The summed E-state index contributed by atoms with van der Waals surface area (Å²) in [6.45, 7) is 6.02. The highest BCUT2D eigenvalue weighted by molar-refractivity contribution is 4.99. The minimum absolute atomic E-state index is 0.465. The first kappa shape index (κ1) is 13.7. The van der Waals surface area contributed by atoms with Gasteiger partial charge in [-0.3, -0.25) is 4.68 Å². The van der Waals surface area contributed by atoms with Gasteiger partial charge < -0.3 is 9.88 Å². The predicted octanol–water partition coefficient (Wildman–Crippen LogP) is 1.31. The summed E-state index contributed by atoms with van der Waals surface area (Å²) in [7, 11) is 1.96. The summed E-state index contributed by atoms with van der Waals surface area (Å²) in [4.78, 5) is 0. The number of rotatable bonds is 7. The molecule has 0 saturated heterocycles. The van der Waals surface area contributed by atoms with Crippen molar-refractivity contribution in [3.63, 3.8) is 0 Å². The first-order valence-corrected chi connectivity index (χ1v) is 6.78. The molecule has 0 saturated carbocycles. The minimum Gasteiger partial charge on any atom is -0.321 e. The monoisotopic (exact) mass is 262 g/mol. The lowest BCUT2D eigenvalue weighted by molar-refractivity contribution is 0.471. The van der Waals surface area contributed by atoms with Gasteiger partial charge in [-0.05, 0) is 19.4 Å². The molecule has 0 fully saturated rings. The van der Waals surface area contributed by atoms with Crippen LogP contribution >= 0.6 is 0 Å². The fourth-order valence-corrected chi connectivity index (χ4v) is 1.85. The van der Waals surface area contributed by atoms with E-state index < -0.39 is 0 Å². The van der Waals surface area contributed by atoms with Crippen LogP contribution in [0.5, 0.6) is 0 Å². The maximum absolute atomic E-state index is 4.55. The summed E-state index contributed by atoms with van der Waals surface area (Å²) < 4.78 is 3.97. The Kier molecular flexibility index (Phi) is 4.68. The maximum atomic E-state index is 4.55. The third kappa shape index (κ3) is 3.64. The van der Waals surface area contributed by atoms with Crippen LogP contribution in [0.1, 0.15) is 37.8 Å². The van der Waals surface area contributed by atoms with Crippen molar-refractivity contribution in [3.8, 4) is 0 Å². The van der Waals surface area contributed by atoms with Crippen LogP contribution in [0.15, 0.2) is 18.6 Å². The van der Waals surface area contributed by atoms with Crippen molar-refractivity contribution in [2.45, 2.75) is 39.3 Å². The molecule has 0 spiro atoms. The lowest BCUT2D eigenvalue weighted by atomic mass is 10.3. The molecule has 2 heterocycles. The molecule has 0 bridgehead atoms. The van der Waals surface area contributed by atoms with Crippen molar-refractivity contribution >= 4 is 0 Å². The zero-order valence-corrected chi connectivity index (χ0v) is 11.9. The molecule has 0 aromatic carbocycles. The van der Waals surface area contributed by atoms with Crippen molar-refractivity contribution in [3.05, 3.63) is 30.1 Å². The molecule has 2 aromatic heterocycles. The van der Waals surface area contributed by atoms with Crippen molar-refractivity contribution < 1.29 is 0 Å². The van der Waals surface area contributed by atoms with Crippen LogP contribution < -0.4 is 5.32 Å². The highest BCUT2D eigenvalue weighted by Gasteiger charge is 2.04. The second-order valence-corrected chi connectivity index (χ2v) is 4.83. The largest absolute Gasteiger partial charge is 0.321 e. The van der Waals surface area contributed by atoms with Gasteiger partial charge in [0, 0.05) is 38.8 Å². The van der Waals surface area contributed by atoms with Gasteiger partial charge in [-0.15, -0.1) is 10.2 Å². The average molecular weight is 262 g/mol. The van der Waals surface area contributed by atoms with Gasteiger partial charge in [0.1, 0.15) is 12.2 Å². The van der Waals surface area contributed by atoms with E-state index in [4.69, 9.17) is 0 Å². The first-order chi connectivity index (χ1) is 9.20. The highest BCUT2D eigenvalue weighted by Crippen LogP contribution is 2.08. The SMILES string of the molecule is CCC(C)n1ccc(CNCCc2nncn2C)n1. The maximum Gasteiger partial charge on any atom is 0.133 e. The average Bonchev–Trinajstić information content (AvgIpc) is 3.03. The number of nitrogens with one attached hydrogen (secondary N) is 1. The molecule has 19 heavy (non-hydrogen) atoms. The Morgan fingerprint density at radius 1 is 1.42 bits per heavy atom. The summed E-state index contributed by atoms with van der Waals surface area (Å²) in [5.41, 5.74) is 1.08. The van der Waals surface area contributed by atoms with E-state index in [-0.39, 0.29) is 0 Å². The van der Waals surface area contributed by atoms with E-state index in [0.29, 0.717) is 6.04 Å². The molecule has 0 radical (unpaired) electrons. The van der Waals surface area contributed by atoms with Crippen LogP contribution in [-0.2, 0) is 20.0 Å². The second kappa shape index (κ2) is 6.47. The molecule has 104 valence electrons. The molecule has 6 nitrogen and oxygen atoms in total. The van der Waals surface area contributed by atoms with Crippen LogP contribution in [0.2, 0.25) is 0 Å². The highest BCUT2D eigenvalue weighted by atomic mass is 15.3. The zero-order valence-electron chi connectivity index (χ0n) is 11.9. The Balaban J connectivity index is 1.74. The van der Waals surface area contributed by atoms with Gasteiger partial charge in [-0.25, -0.2) is 0 Å². The standard InChI is InChI=1S/C13H22N6/c1-4-11(2)19-8-6-12(17-19)9-14-7-5-13-16-15-10-18(13)3/h6,8,10-11,14H,4-5,7,9H2,1-3H3. The topological polar surface area (TPSA) is 60.6 Å². The molecule has 1 unspecified atom stereocenters. The van der Waals surface area contributed by atoms with Crippen LogP contribution in [0.25, 0.3) is 0 Å². The molecule has 6 heteroatoms. The molecule has 0 aliphatic carbocycles. The van der Waals surface area contributed by atoms with Gasteiger partial charge in [0.25, 0.3) is 0 Å². The second-order valence-electron chi connectivity index (χ2n) is 4.83. The van der Waals surface area contributed by atoms with Crippen molar-refractivity contribution in [1.82, 2.24) is 29.9 Å². The summed E-state index contributed by atoms with van der Waals surface area (Å²) in [6.07, 6.45) is 5.75. The molecule has 1 atom stereocenters. The van der Waals surface area contributed by atoms with Gasteiger partial charge in [-0.2, -0.15) is 5.10 Å². The van der Waals surface area contributed by atoms with E-state index in [1.807, 2.05) is 22.5 Å². The van der Waals surface area contributed by atoms with Crippen molar-refractivity contribution in [2.24, 2.45) is 7.05 Å². The zero-order chi connectivity index (χ0) is 13.7. The van der Waals surface area contributed by atoms with Gasteiger partial charge >= 0.3 is 0 Å². The van der Waals surface area contributed by atoms with Crippen LogP contribution in [0, 0.1) is 0 Å². The van der Waals surface area contributed by atoms with Crippen LogP contribution in [0.3, 0.4) is 0 Å². The van der Waals surface area contributed by atoms with Crippen LogP contribution in [0.4, 0.5) is 0 Å². The minimum atomic E-state index is 0.465. The number of nitrogens with zero attached hydrogens (tertiary/aromatic N) is 5. The Labute approximate surface area is 113 Å². The molecule has 0 aliphatic heterocycles. The van der Waals surface area contributed by atoms with Crippen molar-refractivity contribution in [1.29, 1.82) is 0 Å². The van der Waals surface area contributed by atoms with E-state index in [1.165, 1.54) is 0 Å². The number of hydrogen-bond acceptors (Lipinski definition) is 4. The smallest absolute Gasteiger partial charge is 0.133 e. The molecule has 0 amide bonds. The molecule has 2 rings (SSSR count). The van der Waals surface area contributed by atoms with E-state index in [2.05, 4.69) is 40.5 Å². The predicted molar refractivity (Wildman–Crippen MR) is 73.6 cm³/mol. The summed E-state index contributed by atoms with van der Waals surface area (Å²) in [6, 6.07) is 2.54. The van der Waals surface area contributed by atoms with E-state index in [9.17, 15) is 0 Å². The number of aryl methyl sites for hydroxylation is 1. The van der Waals surface area contributed by atoms with Gasteiger partial charge in [0.15, 0.2) is 0 Å². The van der Waals surface area contributed by atoms with E-state index in [1.54, 1.807) is 6.33 Å². The molecule has 1 N–H and O–H groups in total. The number of hydrogen-bond donors (Lipinski definition) is 1. The third-order valence-electron chi connectivity index (χ3n) is 3.34. The van der Waals surface area contributed by atoms with Crippen LogP contribution in [-0.4, -0.2) is 31.1 Å². The lowest BCUT2D eigenvalue weighted by Crippen LogP contribution is -2.18. The van der Waals surface area contributed by atoms with E-state index in [0.717, 1.165) is 37.4 Å². The fourth-order valence-electron chi connectivity index (χ4n) is 1.85. The Hall–Kier alpha value is -1.69. The van der Waals surface area contributed by atoms with E-state index >= 15 is 0 Å². The quantitative estimate of drug-likeness (QED) is 0.764. The first-order valence-electron chi connectivity index (χ1n) is 6.78. The Bertz CT molecular complexity index is 501. The Morgan fingerprint density at radius 3 is 2.95 bits per heavy atom. The number of aromatic nitrogens is 5. The summed E-state index contributed by atoms with van der Waals surface area (Å²) in [5, 5.41) is 15.8. The van der Waals surface area contributed by atoms with Gasteiger partial charge in [0.05, 0.1) is 5.69 Å². The fraction of sp³-hybridized carbons (Fsp3) is 0.615. The summed E-state index contributed by atoms with van der Waals surface area (Å²) in [5.74, 6) is 0.998. The molecule has 0 aliphatic rings. The molecular formula is C13H22N6. The summed E-state index contributed by atoms with van der Waals surface area (Å²) >= 11 is 0. The Morgan fingerprint density at radius 2 is 2.26 bits per heavy atom.